The van der Waals surface area contributed by atoms with Crippen molar-refractivity contribution in [1.29, 1.82) is 0 Å². The van der Waals surface area contributed by atoms with Gasteiger partial charge in [0, 0.05) is 18.0 Å². The predicted octanol–water partition coefficient (Wildman–Crippen LogP) is 13.6. The second kappa shape index (κ2) is 11.8. The van der Waals surface area contributed by atoms with Crippen molar-refractivity contribution in [2.45, 2.75) is 0 Å². The Morgan fingerprint density at radius 2 is 0.811 bits per heavy atom. The summed E-state index contributed by atoms with van der Waals surface area (Å²) in [7, 11) is 0. The van der Waals surface area contributed by atoms with Crippen molar-refractivity contribution in [2.24, 2.45) is 0 Å². The number of aromatic nitrogens is 2. The first-order valence-electron chi connectivity index (χ1n) is 18.2. The SMILES string of the molecule is c1ccc(-c2cn3cc(-c4ccc(-c5ccc6c7c(cccc57)-c5c-6c(-c6ccccc6)c6ccccc6c5-c5ccccc5)cc4)ccc3n2)cc1. The first-order valence-corrected chi connectivity index (χ1v) is 18.2. The van der Waals surface area contributed by atoms with E-state index in [0.29, 0.717) is 0 Å². The summed E-state index contributed by atoms with van der Waals surface area (Å²) in [6.07, 6.45) is 4.29. The van der Waals surface area contributed by atoms with Gasteiger partial charge in [0.25, 0.3) is 0 Å². The highest BCUT2D eigenvalue weighted by molar-refractivity contribution is 6.28. The number of pyridine rings is 1. The van der Waals surface area contributed by atoms with Crippen LogP contribution in [0.3, 0.4) is 0 Å². The van der Waals surface area contributed by atoms with Crippen molar-refractivity contribution in [3.8, 4) is 78.0 Å². The Bertz CT molecular complexity index is 2920. The van der Waals surface area contributed by atoms with Gasteiger partial charge in [-0.05, 0) is 100 Å². The van der Waals surface area contributed by atoms with Gasteiger partial charge < -0.3 is 4.40 Å². The van der Waals surface area contributed by atoms with Crippen molar-refractivity contribution >= 4 is 27.2 Å². The summed E-state index contributed by atoms with van der Waals surface area (Å²) in [5, 5.41) is 5.16. The van der Waals surface area contributed by atoms with Crippen LogP contribution in [0.5, 0.6) is 0 Å². The molecule has 0 fully saturated rings. The van der Waals surface area contributed by atoms with Crippen LogP contribution in [0.25, 0.3) is 105 Å². The number of hydrogen-bond donors (Lipinski definition) is 0. The van der Waals surface area contributed by atoms with E-state index in [1.54, 1.807) is 0 Å². The van der Waals surface area contributed by atoms with E-state index >= 15 is 0 Å². The molecule has 0 atom stereocenters. The van der Waals surface area contributed by atoms with Gasteiger partial charge >= 0.3 is 0 Å². The largest absolute Gasteiger partial charge is 0.306 e. The fourth-order valence-electron chi connectivity index (χ4n) is 8.61. The maximum absolute atomic E-state index is 4.86. The van der Waals surface area contributed by atoms with Gasteiger partial charge in [-0.15, -0.1) is 0 Å². The normalized spacial score (nSPS) is 11.8. The Morgan fingerprint density at radius 1 is 0.302 bits per heavy atom. The predicted molar refractivity (Wildman–Crippen MR) is 222 cm³/mol. The topological polar surface area (TPSA) is 17.3 Å². The van der Waals surface area contributed by atoms with E-state index in [1.807, 2.05) is 6.07 Å². The minimum Gasteiger partial charge on any atom is -0.306 e. The molecule has 2 heteroatoms. The van der Waals surface area contributed by atoms with Crippen molar-refractivity contribution < 1.29 is 0 Å². The molecule has 2 aromatic heterocycles. The molecule has 11 rings (SSSR count). The fraction of sp³-hybridized carbons (Fsp3) is 0. The fourth-order valence-corrected chi connectivity index (χ4v) is 8.61. The maximum atomic E-state index is 4.86. The summed E-state index contributed by atoms with van der Waals surface area (Å²) in [5.41, 5.74) is 18.2. The second-order valence-corrected chi connectivity index (χ2v) is 13.9. The zero-order valence-corrected chi connectivity index (χ0v) is 28.9. The molecule has 2 nitrogen and oxygen atoms in total. The lowest BCUT2D eigenvalue weighted by Gasteiger charge is -2.20. The smallest absolute Gasteiger partial charge is 0.137 e. The van der Waals surface area contributed by atoms with Crippen LogP contribution in [0.4, 0.5) is 0 Å². The molecule has 1 aliphatic rings. The Balaban J connectivity index is 1.07. The van der Waals surface area contributed by atoms with E-state index in [2.05, 4.69) is 193 Å². The molecule has 8 aromatic carbocycles. The van der Waals surface area contributed by atoms with Crippen molar-refractivity contribution in [3.63, 3.8) is 0 Å². The molecule has 0 saturated carbocycles. The molecule has 10 aromatic rings. The van der Waals surface area contributed by atoms with Gasteiger partial charge in [-0.2, -0.15) is 0 Å². The monoisotopic (exact) mass is 672 g/mol. The van der Waals surface area contributed by atoms with E-state index < -0.39 is 0 Å². The second-order valence-electron chi connectivity index (χ2n) is 13.9. The number of imidazole rings is 1. The minimum atomic E-state index is 0.942. The quantitative estimate of drug-likeness (QED) is 0.178. The van der Waals surface area contributed by atoms with Crippen LogP contribution in [0, 0.1) is 0 Å². The van der Waals surface area contributed by atoms with Crippen LogP contribution in [0.15, 0.2) is 194 Å². The molecule has 0 aliphatic heterocycles. The molecule has 246 valence electrons. The third-order valence-corrected chi connectivity index (χ3v) is 11.0. The van der Waals surface area contributed by atoms with E-state index in [0.717, 1.165) is 22.5 Å². The molecule has 2 heterocycles. The molecule has 0 bridgehead atoms. The molecule has 1 aliphatic carbocycles. The maximum Gasteiger partial charge on any atom is 0.137 e. The van der Waals surface area contributed by atoms with E-state index in [1.165, 1.54) is 82.7 Å². The van der Waals surface area contributed by atoms with Crippen LogP contribution >= 0.6 is 0 Å². The molecule has 0 N–H and O–H groups in total. The molecule has 0 radical (unpaired) electrons. The summed E-state index contributed by atoms with van der Waals surface area (Å²) in [5.74, 6) is 0. The third kappa shape index (κ3) is 4.63. The molecular formula is C51H32N2. The minimum absolute atomic E-state index is 0.942. The van der Waals surface area contributed by atoms with Gasteiger partial charge in [-0.1, -0.05) is 170 Å². The first-order chi connectivity index (χ1) is 26.3. The highest BCUT2D eigenvalue weighted by Crippen LogP contribution is 2.58. The van der Waals surface area contributed by atoms with Crippen LogP contribution < -0.4 is 0 Å². The lowest BCUT2D eigenvalue weighted by molar-refractivity contribution is 1.19. The summed E-state index contributed by atoms with van der Waals surface area (Å²) in [4.78, 5) is 4.86. The molecular weight excluding hydrogens is 641 g/mol. The number of hydrogen-bond acceptors (Lipinski definition) is 1. The first kappa shape index (κ1) is 29.7. The Morgan fingerprint density at radius 3 is 1.45 bits per heavy atom. The summed E-state index contributed by atoms with van der Waals surface area (Å²) < 4.78 is 2.13. The lowest BCUT2D eigenvalue weighted by atomic mass is 9.82. The van der Waals surface area contributed by atoms with Crippen LogP contribution in [-0.2, 0) is 0 Å². The van der Waals surface area contributed by atoms with Gasteiger partial charge in [0.2, 0.25) is 0 Å². The van der Waals surface area contributed by atoms with Crippen molar-refractivity contribution in [3.05, 3.63) is 194 Å². The molecule has 53 heavy (non-hydrogen) atoms. The molecule has 0 spiro atoms. The van der Waals surface area contributed by atoms with Crippen molar-refractivity contribution in [2.75, 3.05) is 0 Å². The molecule has 0 unspecified atom stereocenters. The Hall–Kier alpha value is -7.03. The highest BCUT2D eigenvalue weighted by Gasteiger charge is 2.31. The van der Waals surface area contributed by atoms with Gasteiger partial charge in [-0.3, -0.25) is 0 Å². The zero-order valence-electron chi connectivity index (χ0n) is 28.9. The van der Waals surface area contributed by atoms with Crippen LogP contribution in [0.1, 0.15) is 0 Å². The van der Waals surface area contributed by atoms with Gasteiger partial charge in [0.15, 0.2) is 0 Å². The number of fused-ring (bicyclic) bond motifs is 5. The van der Waals surface area contributed by atoms with E-state index in [4.69, 9.17) is 4.98 Å². The molecule has 0 amide bonds. The number of rotatable bonds is 5. The summed E-state index contributed by atoms with van der Waals surface area (Å²) >= 11 is 0. The third-order valence-electron chi connectivity index (χ3n) is 11.0. The van der Waals surface area contributed by atoms with E-state index in [9.17, 15) is 0 Å². The Labute approximate surface area is 307 Å². The van der Waals surface area contributed by atoms with Gasteiger partial charge in [0.05, 0.1) is 5.69 Å². The number of benzene rings is 8. The average molecular weight is 673 g/mol. The highest BCUT2D eigenvalue weighted by atomic mass is 15.0. The van der Waals surface area contributed by atoms with Gasteiger partial charge in [0.1, 0.15) is 5.65 Å². The summed E-state index contributed by atoms with van der Waals surface area (Å²) in [6.45, 7) is 0. The average Bonchev–Trinajstić information content (AvgIpc) is 3.81. The lowest BCUT2D eigenvalue weighted by Crippen LogP contribution is -1.93. The Kier molecular flexibility index (Phi) is 6.59. The molecule has 0 saturated heterocycles. The zero-order chi connectivity index (χ0) is 34.9. The van der Waals surface area contributed by atoms with Crippen LogP contribution in [-0.4, -0.2) is 9.38 Å². The summed E-state index contributed by atoms with van der Waals surface area (Å²) in [6, 6.07) is 66.1. The van der Waals surface area contributed by atoms with Crippen LogP contribution in [0.2, 0.25) is 0 Å². The van der Waals surface area contributed by atoms with Crippen molar-refractivity contribution in [1.82, 2.24) is 9.38 Å². The number of nitrogens with zero attached hydrogens (tertiary/aromatic N) is 2. The van der Waals surface area contributed by atoms with E-state index in [-0.39, 0.29) is 0 Å². The standard InChI is InChI=1S/C51H32N2/c1-4-13-35(14-5-1)45-32-53-31-38(27-30-46(53)52-45)33-23-25-34(26-24-33)39-28-29-44-49-40(39)21-12-22-43(49)50-47(36-15-6-2-7-16-36)41-19-10-11-20-42(41)48(51(44)50)37-17-8-3-9-18-37/h1-32H. The van der Waals surface area contributed by atoms with Gasteiger partial charge in [-0.25, -0.2) is 4.98 Å².